The lowest BCUT2D eigenvalue weighted by molar-refractivity contribution is 0.824. The smallest absolute Gasteiger partial charge is 0.0961 e. The van der Waals surface area contributed by atoms with Crippen molar-refractivity contribution in [3.05, 3.63) is 192 Å². The molecule has 0 aliphatic heterocycles. The van der Waals surface area contributed by atoms with E-state index in [1.807, 2.05) is 56.2 Å². The standard InChI is InChI=1S/C17H17ClN2.C16H14Cl2N2.C16H15ClN2/c1-11-4-5-14(8-15(11)18)9-20-10-19-16-6-12(2)13(3)7-17(16)20;1-10-5-15-16(6-11(10)2)20(9-19-15)8-12-3-4-13(17)7-14(12)18;1-11-7-15-16(8-12(11)2)19(10-18-15)9-13-3-5-14(17)6-4-13/h4-8,10H,9H2,1-3H3;3-7,9H,8H2,1-2H3;3-8,10H,9H2,1-2H3. The Morgan fingerprint density at radius 1 is 0.373 bits per heavy atom. The van der Waals surface area contributed by atoms with Crippen molar-refractivity contribution in [1.29, 1.82) is 0 Å². The largest absolute Gasteiger partial charge is 0.326 e. The van der Waals surface area contributed by atoms with Gasteiger partial charge in [-0.15, -0.1) is 0 Å². The van der Waals surface area contributed by atoms with Crippen LogP contribution < -0.4 is 0 Å². The Balaban J connectivity index is 0.000000134. The summed E-state index contributed by atoms with van der Waals surface area (Å²) in [6.45, 7) is 17.0. The molecule has 0 N–H and O–H groups in total. The minimum absolute atomic E-state index is 0.653. The van der Waals surface area contributed by atoms with E-state index in [1.54, 1.807) is 6.07 Å². The van der Waals surface area contributed by atoms with E-state index in [1.165, 1.54) is 55.5 Å². The van der Waals surface area contributed by atoms with Gasteiger partial charge >= 0.3 is 0 Å². The molecule has 9 aromatic rings. The second kappa shape index (κ2) is 18.0. The summed E-state index contributed by atoms with van der Waals surface area (Å²) in [4.78, 5) is 13.4. The highest BCUT2D eigenvalue weighted by atomic mass is 35.5. The van der Waals surface area contributed by atoms with Gasteiger partial charge in [-0.1, -0.05) is 76.7 Å². The molecule has 0 radical (unpaired) electrons. The highest BCUT2D eigenvalue weighted by Crippen LogP contribution is 2.26. The minimum Gasteiger partial charge on any atom is -0.326 e. The molecule has 59 heavy (non-hydrogen) atoms. The molecule has 6 nitrogen and oxygen atoms in total. The number of aryl methyl sites for hydroxylation is 7. The number of halogens is 4. The molecule has 0 aliphatic rings. The third-order valence-corrected chi connectivity index (χ3v) is 12.2. The second-order valence-corrected chi connectivity index (χ2v) is 17.0. The molecule has 0 fully saturated rings. The van der Waals surface area contributed by atoms with Crippen LogP contribution in [-0.2, 0) is 19.6 Å². The lowest BCUT2D eigenvalue weighted by atomic mass is 10.1. The summed E-state index contributed by atoms with van der Waals surface area (Å²) < 4.78 is 6.45. The van der Waals surface area contributed by atoms with Crippen molar-refractivity contribution in [3.8, 4) is 0 Å². The van der Waals surface area contributed by atoms with Crippen molar-refractivity contribution >= 4 is 79.5 Å². The fourth-order valence-electron chi connectivity index (χ4n) is 6.87. The van der Waals surface area contributed by atoms with Crippen LogP contribution in [0.2, 0.25) is 20.1 Å². The van der Waals surface area contributed by atoms with Crippen molar-refractivity contribution in [2.24, 2.45) is 0 Å². The van der Waals surface area contributed by atoms with Gasteiger partial charge in [-0.2, -0.15) is 0 Å². The number of benzene rings is 6. The Labute approximate surface area is 366 Å². The topological polar surface area (TPSA) is 53.5 Å². The van der Waals surface area contributed by atoms with Gasteiger partial charge in [0.15, 0.2) is 0 Å². The van der Waals surface area contributed by atoms with Crippen LogP contribution in [0.5, 0.6) is 0 Å². The zero-order valence-electron chi connectivity index (χ0n) is 34.3. The van der Waals surface area contributed by atoms with Gasteiger partial charge in [0, 0.05) is 33.2 Å². The monoisotopic (exact) mass is 858 g/mol. The Bertz CT molecular complexity index is 2940. The molecule has 0 bridgehead atoms. The number of hydrogen-bond donors (Lipinski definition) is 0. The van der Waals surface area contributed by atoms with E-state index < -0.39 is 0 Å². The molecule has 0 saturated carbocycles. The summed E-state index contributed by atoms with van der Waals surface area (Å²) in [6, 6.07) is 32.7. The van der Waals surface area contributed by atoms with E-state index in [0.717, 1.165) is 56.3 Å². The number of rotatable bonds is 6. The van der Waals surface area contributed by atoms with Gasteiger partial charge in [0.05, 0.1) is 58.6 Å². The molecule has 0 amide bonds. The normalized spacial score (nSPS) is 11.2. The quantitative estimate of drug-likeness (QED) is 0.167. The van der Waals surface area contributed by atoms with E-state index in [9.17, 15) is 0 Å². The fourth-order valence-corrected chi connectivity index (χ4v) is 7.67. The lowest BCUT2D eigenvalue weighted by Gasteiger charge is -2.08. The van der Waals surface area contributed by atoms with Crippen LogP contribution in [0.25, 0.3) is 33.1 Å². The maximum Gasteiger partial charge on any atom is 0.0961 e. The Hall–Kier alpha value is -5.11. The molecule has 0 atom stereocenters. The average molecular weight is 861 g/mol. The highest BCUT2D eigenvalue weighted by Gasteiger charge is 2.10. The van der Waals surface area contributed by atoms with Crippen LogP contribution in [0, 0.1) is 48.5 Å². The third kappa shape index (κ3) is 9.86. The number of nitrogens with zero attached hydrogens (tertiary/aromatic N) is 6. The van der Waals surface area contributed by atoms with Crippen molar-refractivity contribution < 1.29 is 0 Å². The molecular formula is C49H46Cl4N6. The first-order valence-electron chi connectivity index (χ1n) is 19.4. The van der Waals surface area contributed by atoms with Crippen molar-refractivity contribution in [2.45, 2.75) is 68.1 Å². The Morgan fingerprint density at radius 3 is 1.24 bits per heavy atom. The van der Waals surface area contributed by atoms with E-state index >= 15 is 0 Å². The van der Waals surface area contributed by atoms with Crippen LogP contribution in [0.15, 0.2) is 116 Å². The first-order chi connectivity index (χ1) is 28.2. The third-order valence-electron chi connectivity index (χ3n) is 10.9. The maximum absolute atomic E-state index is 6.24. The number of imidazole rings is 3. The van der Waals surface area contributed by atoms with Crippen LogP contribution in [0.1, 0.15) is 55.6 Å². The first kappa shape index (κ1) is 42.0. The molecule has 9 rings (SSSR count). The van der Waals surface area contributed by atoms with E-state index in [2.05, 4.69) is 131 Å². The molecule has 6 aromatic carbocycles. The maximum atomic E-state index is 6.24. The van der Waals surface area contributed by atoms with Gasteiger partial charge in [0.1, 0.15) is 0 Å². The summed E-state index contributed by atoms with van der Waals surface area (Å²) >= 11 is 24.3. The summed E-state index contributed by atoms with van der Waals surface area (Å²) in [6.07, 6.45) is 5.66. The van der Waals surface area contributed by atoms with Gasteiger partial charge in [0.2, 0.25) is 0 Å². The molecule has 10 heteroatoms. The molecule has 0 unspecified atom stereocenters. The zero-order valence-corrected chi connectivity index (χ0v) is 37.3. The van der Waals surface area contributed by atoms with Gasteiger partial charge < -0.3 is 13.7 Å². The second-order valence-electron chi connectivity index (χ2n) is 15.3. The van der Waals surface area contributed by atoms with Crippen molar-refractivity contribution in [3.63, 3.8) is 0 Å². The predicted octanol–water partition coefficient (Wildman–Crippen LogP) is 14.0. The molecule has 300 valence electrons. The Morgan fingerprint density at radius 2 is 0.780 bits per heavy atom. The van der Waals surface area contributed by atoms with E-state index in [-0.39, 0.29) is 0 Å². The lowest BCUT2D eigenvalue weighted by Crippen LogP contribution is -1.99. The van der Waals surface area contributed by atoms with Crippen molar-refractivity contribution in [1.82, 2.24) is 28.7 Å². The molecule has 0 aliphatic carbocycles. The zero-order chi connectivity index (χ0) is 42.0. The van der Waals surface area contributed by atoms with Crippen LogP contribution in [-0.4, -0.2) is 28.7 Å². The number of aromatic nitrogens is 6. The summed E-state index contributed by atoms with van der Waals surface area (Å²) in [5, 5.41) is 2.92. The summed E-state index contributed by atoms with van der Waals surface area (Å²) in [7, 11) is 0. The molecule has 3 heterocycles. The highest BCUT2D eigenvalue weighted by molar-refractivity contribution is 6.35. The number of fused-ring (bicyclic) bond motifs is 3. The van der Waals surface area contributed by atoms with Crippen LogP contribution in [0.4, 0.5) is 0 Å². The van der Waals surface area contributed by atoms with Gasteiger partial charge in [-0.25, -0.2) is 15.0 Å². The van der Waals surface area contributed by atoms with Crippen molar-refractivity contribution in [2.75, 3.05) is 0 Å². The summed E-state index contributed by atoms with van der Waals surface area (Å²) in [5.41, 5.74) is 18.8. The average Bonchev–Trinajstić information content (AvgIpc) is 3.89. The van der Waals surface area contributed by atoms with Gasteiger partial charge in [-0.05, 0) is 171 Å². The van der Waals surface area contributed by atoms with E-state index in [4.69, 9.17) is 46.4 Å². The molecule has 0 spiro atoms. The molecule has 3 aromatic heterocycles. The summed E-state index contributed by atoms with van der Waals surface area (Å²) in [5.74, 6) is 0. The SMILES string of the molecule is Cc1cc2ncn(Cc3ccc(C)c(Cl)c3)c2cc1C.Cc1cc2ncn(Cc3ccc(Cl)cc3)c2cc1C.Cc1cc2ncn(Cc3ccc(Cl)cc3Cl)c2cc1C. The van der Waals surface area contributed by atoms with Crippen LogP contribution >= 0.6 is 46.4 Å². The minimum atomic E-state index is 0.653. The van der Waals surface area contributed by atoms with E-state index in [0.29, 0.717) is 16.6 Å². The van der Waals surface area contributed by atoms with Gasteiger partial charge in [0.25, 0.3) is 0 Å². The molecule has 0 saturated heterocycles. The van der Waals surface area contributed by atoms with Gasteiger partial charge in [-0.3, -0.25) is 0 Å². The Kier molecular flexibility index (Phi) is 12.8. The van der Waals surface area contributed by atoms with Crippen LogP contribution in [0.3, 0.4) is 0 Å². The number of hydrogen-bond acceptors (Lipinski definition) is 3. The first-order valence-corrected chi connectivity index (χ1v) is 20.9. The molecular weight excluding hydrogens is 814 g/mol. The fraction of sp³-hybridized carbons (Fsp3) is 0.204. The predicted molar refractivity (Wildman–Crippen MR) is 249 cm³/mol.